The fraction of sp³-hybridized carbons (Fsp3) is 0.571. The fourth-order valence-electron chi connectivity index (χ4n) is 3.09. The molecule has 1 aromatic carbocycles. The summed E-state index contributed by atoms with van der Waals surface area (Å²) in [6.07, 6.45) is 2.25. The number of likely N-dealkylation sites (tertiary alicyclic amines) is 1. The number of hydrogen-bond donors (Lipinski definition) is 0. The van der Waals surface area contributed by atoms with Crippen molar-refractivity contribution >= 4 is 0 Å². The van der Waals surface area contributed by atoms with E-state index in [0.29, 0.717) is 5.92 Å². The van der Waals surface area contributed by atoms with Crippen LogP contribution in [0.4, 0.5) is 0 Å². The van der Waals surface area contributed by atoms with Crippen LogP contribution < -0.4 is 4.74 Å². The van der Waals surface area contributed by atoms with Crippen LogP contribution in [-0.2, 0) is 6.42 Å². The highest BCUT2D eigenvalue weighted by molar-refractivity contribution is 5.39. The van der Waals surface area contributed by atoms with Gasteiger partial charge in [-0.2, -0.15) is 0 Å². The average Bonchev–Trinajstić information content (AvgIpc) is 2.64. The van der Waals surface area contributed by atoms with Crippen LogP contribution in [0.1, 0.15) is 18.9 Å². The zero-order valence-corrected chi connectivity index (χ0v) is 10.1. The van der Waals surface area contributed by atoms with Gasteiger partial charge in [0.25, 0.3) is 0 Å². The predicted octanol–water partition coefficient (Wildman–Crippen LogP) is 2.33. The van der Waals surface area contributed by atoms with Crippen molar-refractivity contribution in [2.45, 2.75) is 25.4 Å². The summed E-state index contributed by atoms with van der Waals surface area (Å²) in [6.45, 7) is 4.62. The zero-order valence-electron chi connectivity index (χ0n) is 10.1. The normalized spacial score (nSPS) is 33.8. The standard InChI is InChI=1S/C14H19NO/c1-11-10-15(2)8-7-14(11)9-12-5-3-4-6-13(12)16-14/h3-6,11H,7-10H2,1-2H3/t11-,14-/m1/s1. The minimum absolute atomic E-state index is 0.0796. The second-order valence-corrected chi connectivity index (χ2v) is 5.36. The summed E-state index contributed by atoms with van der Waals surface area (Å²) in [5.74, 6) is 1.72. The zero-order chi connectivity index (χ0) is 11.2. The third-order valence-electron chi connectivity index (χ3n) is 4.18. The monoisotopic (exact) mass is 217 g/mol. The second kappa shape index (κ2) is 3.49. The van der Waals surface area contributed by atoms with Crippen molar-refractivity contribution in [3.63, 3.8) is 0 Å². The van der Waals surface area contributed by atoms with Gasteiger partial charge in [-0.25, -0.2) is 0 Å². The largest absolute Gasteiger partial charge is 0.486 e. The van der Waals surface area contributed by atoms with E-state index in [0.717, 1.165) is 31.7 Å². The number of para-hydroxylation sites is 1. The molecule has 0 radical (unpaired) electrons. The molecule has 2 aliphatic heterocycles. The molecule has 1 saturated heterocycles. The Labute approximate surface area is 97.2 Å². The molecule has 0 unspecified atom stereocenters. The number of ether oxygens (including phenoxy) is 1. The Hall–Kier alpha value is -1.02. The molecule has 2 nitrogen and oxygen atoms in total. The molecule has 0 bridgehead atoms. The molecule has 0 amide bonds. The van der Waals surface area contributed by atoms with E-state index in [2.05, 4.69) is 43.1 Å². The molecule has 2 heteroatoms. The first kappa shape index (κ1) is 10.2. The van der Waals surface area contributed by atoms with Crippen LogP contribution in [0.15, 0.2) is 24.3 Å². The van der Waals surface area contributed by atoms with Gasteiger partial charge in [0.1, 0.15) is 11.4 Å². The van der Waals surface area contributed by atoms with Gasteiger partial charge in [-0.15, -0.1) is 0 Å². The van der Waals surface area contributed by atoms with E-state index < -0.39 is 0 Å². The van der Waals surface area contributed by atoms with Crippen LogP contribution in [0.2, 0.25) is 0 Å². The predicted molar refractivity (Wildman–Crippen MR) is 64.8 cm³/mol. The lowest BCUT2D eigenvalue weighted by atomic mass is 9.79. The number of fused-ring (bicyclic) bond motifs is 1. The molecule has 2 aliphatic rings. The molecule has 0 N–H and O–H groups in total. The van der Waals surface area contributed by atoms with Gasteiger partial charge in [0.15, 0.2) is 0 Å². The van der Waals surface area contributed by atoms with E-state index in [-0.39, 0.29) is 5.60 Å². The van der Waals surface area contributed by atoms with Gasteiger partial charge in [0, 0.05) is 31.8 Å². The lowest BCUT2D eigenvalue weighted by Crippen LogP contribution is -2.52. The summed E-state index contributed by atoms with van der Waals surface area (Å²) < 4.78 is 6.27. The SMILES string of the molecule is C[C@@H]1CN(C)CC[C@@]12Cc1ccccc1O2. The van der Waals surface area contributed by atoms with Gasteiger partial charge in [-0.05, 0) is 18.7 Å². The number of hydrogen-bond acceptors (Lipinski definition) is 2. The Kier molecular flexibility index (Phi) is 2.21. The number of piperidine rings is 1. The molecule has 16 heavy (non-hydrogen) atoms. The number of nitrogens with zero attached hydrogens (tertiary/aromatic N) is 1. The highest BCUT2D eigenvalue weighted by Crippen LogP contribution is 2.43. The van der Waals surface area contributed by atoms with Crippen LogP contribution in [-0.4, -0.2) is 30.6 Å². The maximum absolute atomic E-state index is 6.27. The Bertz CT molecular complexity index is 376. The Morgan fingerprint density at radius 3 is 2.94 bits per heavy atom. The smallest absolute Gasteiger partial charge is 0.123 e. The topological polar surface area (TPSA) is 12.5 Å². The maximum atomic E-state index is 6.27. The van der Waals surface area contributed by atoms with Gasteiger partial charge in [-0.1, -0.05) is 25.1 Å². The van der Waals surface area contributed by atoms with Crippen molar-refractivity contribution in [1.29, 1.82) is 0 Å². The maximum Gasteiger partial charge on any atom is 0.123 e. The molecule has 1 aromatic rings. The molecule has 3 rings (SSSR count). The molecule has 0 aromatic heterocycles. The third kappa shape index (κ3) is 1.44. The van der Waals surface area contributed by atoms with Crippen molar-refractivity contribution in [3.8, 4) is 5.75 Å². The van der Waals surface area contributed by atoms with E-state index in [1.165, 1.54) is 5.56 Å². The van der Waals surface area contributed by atoms with Gasteiger partial charge in [0.2, 0.25) is 0 Å². The van der Waals surface area contributed by atoms with Crippen LogP contribution in [0.3, 0.4) is 0 Å². The molecular formula is C14H19NO. The van der Waals surface area contributed by atoms with E-state index >= 15 is 0 Å². The molecule has 2 atom stereocenters. The first-order valence-corrected chi connectivity index (χ1v) is 6.15. The summed E-state index contributed by atoms with van der Waals surface area (Å²) in [7, 11) is 2.20. The lowest BCUT2D eigenvalue weighted by molar-refractivity contribution is -0.0212. The van der Waals surface area contributed by atoms with Crippen molar-refractivity contribution in [3.05, 3.63) is 29.8 Å². The summed E-state index contributed by atoms with van der Waals surface area (Å²) in [4.78, 5) is 2.41. The third-order valence-corrected chi connectivity index (χ3v) is 4.18. The average molecular weight is 217 g/mol. The van der Waals surface area contributed by atoms with Crippen LogP contribution in [0.25, 0.3) is 0 Å². The van der Waals surface area contributed by atoms with Gasteiger partial charge < -0.3 is 9.64 Å². The highest BCUT2D eigenvalue weighted by atomic mass is 16.5. The van der Waals surface area contributed by atoms with Crippen molar-refractivity contribution in [2.75, 3.05) is 20.1 Å². The summed E-state index contributed by atoms with van der Waals surface area (Å²) >= 11 is 0. The molecule has 0 aliphatic carbocycles. The molecule has 1 spiro atoms. The summed E-state index contributed by atoms with van der Waals surface area (Å²) in [6, 6.07) is 8.49. The molecule has 1 fully saturated rings. The Morgan fingerprint density at radius 1 is 1.38 bits per heavy atom. The molecule has 0 saturated carbocycles. The van der Waals surface area contributed by atoms with E-state index in [1.54, 1.807) is 0 Å². The van der Waals surface area contributed by atoms with Gasteiger partial charge >= 0.3 is 0 Å². The van der Waals surface area contributed by atoms with E-state index in [4.69, 9.17) is 4.74 Å². The van der Waals surface area contributed by atoms with Crippen LogP contribution in [0.5, 0.6) is 5.75 Å². The Balaban J connectivity index is 1.88. The van der Waals surface area contributed by atoms with Gasteiger partial charge in [-0.3, -0.25) is 0 Å². The summed E-state index contributed by atoms with van der Waals surface area (Å²) in [5, 5.41) is 0. The van der Waals surface area contributed by atoms with Crippen molar-refractivity contribution in [1.82, 2.24) is 4.90 Å². The quantitative estimate of drug-likeness (QED) is 0.661. The summed E-state index contributed by atoms with van der Waals surface area (Å²) in [5.41, 5.74) is 1.47. The number of rotatable bonds is 0. The fourth-order valence-corrected chi connectivity index (χ4v) is 3.09. The first-order valence-electron chi connectivity index (χ1n) is 6.15. The van der Waals surface area contributed by atoms with Crippen molar-refractivity contribution in [2.24, 2.45) is 5.92 Å². The molecule has 2 heterocycles. The lowest BCUT2D eigenvalue weighted by Gasteiger charge is -2.42. The second-order valence-electron chi connectivity index (χ2n) is 5.36. The minimum atomic E-state index is 0.0796. The van der Waals surface area contributed by atoms with Gasteiger partial charge in [0.05, 0.1) is 0 Å². The number of benzene rings is 1. The van der Waals surface area contributed by atoms with Crippen LogP contribution in [0, 0.1) is 5.92 Å². The van der Waals surface area contributed by atoms with E-state index in [1.807, 2.05) is 0 Å². The highest BCUT2D eigenvalue weighted by Gasteiger charge is 2.46. The molecular weight excluding hydrogens is 198 g/mol. The first-order chi connectivity index (χ1) is 7.70. The van der Waals surface area contributed by atoms with Crippen molar-refractivity contribution < 1.29 is 4.74 Å². The van der Waals surface area contributed by atoms with Crippen LogP contribution >= 0.6 is 0 Å². The Morgan fingerprint density at radius 2 is 2.19 bits per heavy atom. The minimum Gasteiger partial charge on any atom is -0.486 e. The van der Waals surface area contributed by atoms with E-state index in [9.17, 15) is 0 Å². The molecule has 86 valence electrons.